The summed E-state index contributed by atoms with van der Waals surface area (Å²) in [6.45, 7) is 2.42. The predicted octanol–water partition coefficient (Wildman–Crippen LogP) is 4.01. The maximum absolute atomic E-state index is 12.0. The number of carbonyl (C=O) groups is 1. The molecule has 2 aromatic carbocycles. The smallest absolute Gasteiger partial charge is 0.343 e. The summed E-state index contributed by atoms with van der Waals surface area (Å²) in [5.74, 6) is -0.0564. The van der Waals surface area contributed by atoms with Crippen LogP contribution in [-0.2, 0) is 11.3 Å². The molecule has 3 nitrogen and oxygen atoms in total. The van der Waals surface area contributed by atoms with Crippen molar-refractivity contribution >= 4 is 17.6 Å². The third-order valence-electron chi connectivity index (χ3n) is 2.79. The fraction of sp³-hybridized carbons (Fsp3) is 0.188. The van der Waals surface area contributed by atoms with Crippen molar-refractivity contribution < 1.29 is 14.3 Å². The molecule has 0 aliphatic heterocycles. The van der Waals surface area contributed by atoms with E-state index in [1.165, 1.54) is 0 Å². The van der Waals surface area contributed by atoms with E-state index in [1.54, 1.807) is 31.4 Å². The van der Waals surface area contributed by atoms with Crippen molar-refractivity contribution in [2.45, 2.75) is 13.5 Å². The Labute approximate surface area is 123 Å². The fourth-order valence-corrected chi connectivity index (χ4v) is 1.91. The molecule has 0 N–H and O–H groups in total. The van der Waals surface area contributed by atoms with E-state index < -0.39 is 5.97 Å². The maximum atomic E-state index is 12.0. The first-order valence-electron chi connectivity index (χ1n) is 6.16. The highest BCUT2D eigenvalue weighted by atomic mass is 35.5. The topological polar surface area (TPSA) is 35.5 Å². The number of hydrogen-bond acceptors (Lipinski definition) is 3. The Balaban J connectivity index is 2.13. The quantitative estimate of drug-likeness (QED) is 0.630. The van der Waals surface area contributed by atoms with Gasteiger partial charge in [0.1, 0.15) is 5.75 Å². The van der Waals surface area contributed by atoms with Gasteiger partial charge in [-0.1, -0.05) is 29.8 Å². The highest BCUT2D eigenvalue weighted by Gasteiger charge is 2.11. The molecule has 4 heteroatoms. The van der Waals surface area contributed by atoms with Gasteiger partial charge in [0.15, 0.2) is 0 Å². The van der Waals surface area contributed by atoms with Gasteiger partial charge in [0.05, 0.1) is 17.2 Å². The van der Waals surface area contributed by atoms with Gasteiger partial charge in [-0.2, -0.15) is 0 Å². The highest BCUT2D eigenvalue weighted by Crippen LogP contribution is 2.26. The molecule has 0 fully saturated rings. The van der Waals surface area contributed by atoms with Crippen molar-refractivity contribution in [1.82, 2.24) is 0 Å². The average molecular weight is 291 g/mol. The molecule has 2 rings (SSSR count). The van der Waals surface area contributed by atoms with Crippen molar-refractivity contribution in [3.63, 3.8) is 0 Å². The second kappa shape index (κ2) is 6.55. The van der Waals surface area contributed by atoms with Crippen LogP contribution < -0.4 is 4.74 Å². The van der Waals surface area contributed by atoms with Gasteiger partial charge >= 0.3 is 5.97 Å². The van der Waals surface area contributed by atoms with Crippen LogP contribution in [-0.4, -0.2) is 13.1 Å². The van der Waals surface area contributed by atoms with E-state index in [0.29, 0.717) is 22.9 Å². The number of benzene rings is 2. The highest BCUT2D eigenvalue weighted by molar-refractivity contribution is 6.32. The molecule has 0 radical (unpaired) electrons. The predicted molar refractivity (Wildman–Crippen MR) is 78.3 cm³/mol. The normalized spacial score (nSPS) is 10.3. The molecule has 0 heterocycles. The zero-order chi connectivity index (χ0) is 14.5. The first-order valence-corrected chi connectivity index (χ1v) is 6.54. The van der Waals surface area contributed by atoms with Gasteiger partial charge in [0.2, 0.25) is 0 Å². The molecule has 0 spiro atoms. The van der Waals surface area contributed by atoms with Crippen LogP contribution in [0.5, 0.6) is 5.75 Å². The standard InChI is InChI=1S/C16H15ClO3/c1-11-3-8-14(17)15(9-11)20-16(18)13-6-4-12(5-7-13)10-19-2/h3-9H,10H2,1-2H3. The lowest BCUT2D eigenvalue weighted by atomic mass is 10.1. The molecule has 2 aromatic rings. The van der Waals surface area contributed by atoms with Crippen LogP contribution in [0.3, 0.4) is 0 Å². The number of rotatable bonds is 4. The zero-order valence-electron chi connectivity index (χ0n) is 11.4. The summed E-state index contributed by atoms with van der Waals surface area (Å²) in [6, 6.07) is 12.4. The summed E-state index contributed by atoms with van der Waals surface area (Å²) >= 11 is 6.00. The minimum Gasteiger partial charge on any atom is -0.421 e. The van der Waals surface area contributed by atoms with Gasteiger partial charge in [-0.05, 0) is 42.3 Å². The first kappa shape index (κ1) is 14.6. The number of aryl methyl sites for hydroxylation is 1. The monoisotopic (exact) mass is 290 g/mol. The Morgan fingerprint density at radius 3 is 2.50 bits per heavy atom. The van der Waals surface area contributed by atoms with Gasteiger partial charge in [0.25, 0.3) is 0 Å². The lowest BCUT2D eigenvalue weighted by Crippen LogP contribution is -2.09. The summed E-state index contributed by atoms with van der Waals surface area (Å²) in [5.41, 5.74) is 2.45. The summed E-state index contributed by atoms with van der Waals surface area (Å²) in [5, 5.41) is 0.417. The van der Waals surface area contributed by atoms with Crippen molar-refractivity contribution in [2.24, 2.45) is 0 Å². The van der Waals surface area contributed by atoms with E-state index in [-0.39, 0.29) is 0 Å². The molecule has 0 bridgehead atoms. The van der Waals surface area contributed by atoms with Crippen LogP contribution in [0, 0.1) is 6.92 Å². The van der Waals surface area contributed by atoms with Crippen molar-refractivity contribution in [1.29, 1.82) is 0 Å². The largest absolute Gasteiger partial charge is 0.421 e. The average Bonchev–Trinajstić information content (AvgIpc) is 2.44. The third-order valence-corrected chi connectivity index (χ3v) is 3.10. The van der Waals surface area contributed by atoms with Crippen LogP contribution in [0.25, 0.3) is 0 Å². The Morgan fingerprint density at radius 2 is 1.85 bits per heavy atom. The van der Waals surface area contributed by atoms with E-state index in [9.17, 15) is 4.79 Å². The van der Waals surface area contributed by atoms with Crippen LogP contribution in [0.2, 0.25) is 5.02 Å². The van der Waals surface area contributed by atoms with E-state index in [4.69, 9.17) is 21.1 Å². The lowest BCUT2D eigenvalue weighted by molar-refractivity contribution is 0.0734. The second-order valence-electron chi connectivity index (χ2n) is 4.45. The SMILES string of the molecule is COCc1ccc(C(=O)Oc2cc(C)ccc2Cl)cc1. The molecule has 0 unspecified atom stereocenters. The van der Waals surface area contributed by atoms with Crippen LogP contribution in [0.4, 0.5) is 0 Å². The molecular formula is C16H15ClO3. The van der Waals surface area contributed by atoms with Gasteiger partial charge < -0.3 is 9.47 Å². The summed E-state index contributed by atoms with van der Waals surface area (Å²) in [4.78, 5) is 12.0. The molecule has 0 aliphatic rings. The van der Waals surface area contributed by atoms with Crippen LogP contribution >= 0.6 is 11.6 Å². The molecular weight excluding hydrogens is 276 g/mol. The lowest BCUT2D eigenvalue weighted by Gasteiger charge is -2.07. The fourth-order valence-electron chi connectivity index (χ4n) is 1.75. The van der Waals surface area contributed by atoms with E-state index in [0.717, 1.165) is 11.1 Å². The molecule has 104 valence electrons. The van der Waals surface area contributed by atoms with Gasteiger partial charge in [-0.3, -0.25) is 0 Å². The Morgan fingerprint density at radius 1 is 1.15 bits per heavy atom. The molecule has 0 aromatic heterocycles. The molecule has 20 heavy (non-hydrogen) atoms. The van der Waals surface area contributed by atoms with Gasteiger partial charge in [-0.15, -0.1) is 0 Å². The molecule has 0 atom stereocenters. The number of carbonyl (C=O) groups excluding carboxylic acids is 1. The van der Waals surface area contributed by atoms with Crippen molar-refractivity contribution in [3.8, 4) is 5.75 Å². The van der Waals surface area contributed by atoms with Crippen molar-refractivity contribution in [3.05, 3.63) is 64.2 Å². The Bertz CT molecular complexity index is 606. The number of esters is 1. The third kappa shape index (κ3) is 3.59. The number of ether oxygens (including phenoxy) is 2. The van der Waals surface area contributed by atoms with Crippen LogP contribution in [0.15, 0.2) is 42.5 Å². The van der Waals surface area contributed by atoms with Crippen LogP contribution in [0.1, 0.15) is 21.5 Å². The molecule has 0 amide bonds. The summed E-state index contributed by atoms with van der Waals surface area (Å²) in [6.07, 6.45) is 0. The number of hydrogen-bond donors (Lipinski definition) is 0. The minimum atomic E-state index is -0.429. The van der Waals surface area contributed by atoms with E-state index in [2.05, 4.69) is 0 Å². The number of methoxy groups -OCH3 is 1. The Kier molecular flexibility index (Phi) is 4.77. The van der Waals surface area contributed by atoms with Crippen molar-refractivity contribution in [2.75, 3.05) is 7.11 Å². The van der Waals surface area contributed by atoms with Gasteiger partial charge in [0, 0.05) is 7.11 Å². The molecule has 0 aliphatic carbocycles. The summed E-state index contributed by atoms with van der Waals surface area (Å²) < 4.78 is 10.3. The molecule has 0 saturated carbocycles. The maximum Gasteiger partial charge on any atom is 0.343 e. The summed E-state index contributed by atoms with van der Waals surface area (Å²) in [7, 11) is 1.63. The zero-order valence-corrected chi connectivity index (χ0v) is 12.1. The van der Waals surface area contributed by atoms with E-state index >= 15 is 0 Å². The Hall–Kier alpha value is -1.84. The number of halogens is 1. The first-order chi connectivity index (χ1) is 9.60. The second-order valence-corrected chi connectivity index (χ2v) is 4.86. The van der Waals surface area contributed by atoms with E-state index in [1.807, 2.05) is 25.1 Å². The molecule has 0 saturated heterocycles. The van der Waals surface area contributed by atoms with Gasteiger partial charge in [-0.25, -0.2) is 4.79 Å². The minimum absolute atomic E-state index is 0.373.